The van der Waals surface area contributed by atoms with Crippen molar-refractivity contribution in [2.75, 3.05) is 51.5 Å². The number of aromatic nitrogens is 5. The van der Waals surface area contributed by atoms with Gasteiger partial charge in [0.1, 0.15) is 12.1 Å². The summed E-state index contributed by atoms with van der Waals surface area (Å²) < 4.78 is 87.7. The molecule has 1 aliphatic heterocycles. The molecule has 9 nitrogen and oxygen atoms in total. The van der Waals surface area contributed by atoms with Gasteiger partial charge in [0.2, 0.25) is 5.91 Å². The molecule has 0 aromatic carbocycles. The molecule has 5 rings (SSSR count). The first-order chi connectivity index (χ1) is 20.5. The Kier molecular flexibility index (Phi) is 3.63. The average Bonchev–Trinajstić information content (AvgIpc) is 3.54. The van der Waals surface area contributed by atoms with Gasteiger partial charge in [-0.1, -0.05) is 13.8 Å². The second-order valence-electron chi connectivity index (χ2n) is 8.88. The van der Waals surface area contributed by atoms with Crippen molar-refractivity contribution < 1.29 is 18.5 Å². The molecule has 0 atom stereocenters. The maximum Gasteiger partial charge on any atom is 0.236 e. The number of nitrogens with zero attached hydrogens (tertiary/aromatic N) is 7. The van der Waals surface area contributed by atoms with Crippen molar-refractivity contribution in [3.05, 3.63) is 41.3 Å². The molecule has 35 heavy (non-hydrogen) atoms. The summed E-state index contributed by atoms with van der Waals surface area (Å²) in [7, 11) is 2.35. The largest absolute Gasteiger partial charge is 0.353 e. The molecular formula is C26H34N8O. The van der Waals surface area contributed by atoms with Crippen LogP contribution in [0.15, 0.2) is 24.7 Å². The molecule has 4 aromatic heterocycles. The molecule has 184 valence electrons. The van der Waals surface area contributed by atoms with E-state index >= 15 is 0 Å². The van der Waals surface area contributed by atoms with Crippen LogP contribution in [0.4, 0.5) is 5.82 Å². The number of carbonyl (C=O) groups excluding carboxylic acids is 1. The lowest BCUT2D eigenvalue weighted by Gasteiger charge is -2.36. The van der Waals surface area contributed by atoms with E-state index in [4.69, 9.17) is 13.7 Å². The minimum Gasteiger partial charge on any atom is -0.353 e. The molecule has 4 aromatic rings. The Labute approximate surface area is 219 Å². The lowest BCUT2D eigenvalue weighted by molar-refractivity contribution is -0.132. The van der Waals surface area contributed by atoms with Crippen LogP contribution in [0.5, 0.6) is 0 Å². The van der Waals surface area contributed by atoms with Gasteiger partial charge >= 0.3 is 0 Å². The van der Waals surface area contributed by atoms with Crippen LogP contribution in [0.1, 0.15) is 50.2 Å². The molecule has 0 bridgehead atoms. The molecule has 9 heteroatoms. The molecule has 0 aliphatic carbocycles. The number of piperazine rings is 1. The van der Waals surface area contributed by atoms with Gasteiger partial charge in [0.15, 0.2) is 5.65 Å². The zero-order valence-electron chi connectivity index (χ0n) is 30.4. The van der Waals surface area contributed by atoms with E-state index in [0.717, 1.165) is 21.6 Å². The SMILES string of the molecule is [2H]C([2H])(C(=O)N1C([2H])([2H])C([2H])([2H])N(c2ccc3[nH]c(-c4cn5ncnc5c(C)c4C)c(C(C)C)c3n2)C([2H])([2H])C1([2H])[2H])N(C)C. The van der Waals surface area contributed by atoms with Crippen LogP contribution in [0.2, 0.25) is 0 Å². The van der Waals surface area contributed by atoms with Crippen LogP contribution in [0.25, 0.3) is 27.9 Å². The van der Waals surface area contributed by atoms with Gasteiger partial charge < -0.3 is 19.7 Å². The van der Waals surface area contributed by atoms with E-state index in [-0.39, 0.29) is 15.7 Å². The summed E-state index contributed by atoms with van der Waals surface area (Å²) in [6, 6.07) is 2.78. The summed E-state index contributed by atoms with van der Waals surface area (Å²) in [6.45, 7) is -9.24. The standard InChI is InChI=1S/C26H34N8O/c1-16(2)23-24(19-13-34-26(27-15-28-34)18(4)17(19)3)29-20-7-8-21(30-25(20)23)32-9-11-33(12-10-32)22(35)14-31(5)6/h7-8,13,15-16,29H,9-12,14H2,1-6H3/i9D2,10D2,11D2,12D2,14D2. The van der Waals surface area contributed by atoms with E-state index in [1.54, 1.807) is 4.52 Å². The minimum absolute atomic E-state index is 0.156. The predicted molar refractivity (Wildman–Crippen MR) is 139 cm³/mol. The minimum atomic E-state index is -3.56. The van der Waals surface area contributed by atoms with Gasteiger partial charge in [0, 0.05) is 43.3 Å². The first-order valence-electron chi connectivity index (χ1n) is 16.2. The molecule has 0 saturated carbocycles. The van der Waals surface area contributed by atoms with Crippen LogP contribution < -0.4 is 4.90 Å². The van der Waals surface area contributed by atoms with Gasteiger partial charge in [-0.2, -0.15) is 5.10 Å². The topological polar surface area (TPSA) is 85.7 Å². The number of likely N-dealkylation sites (N-methyl/N-ethyl adjacent to an activating group) is 1. The fourth-order valence-electron chi connectivity index (χ4n) is 4.14. The van der Waals surface area contributed by atoms with Crippen molar-refractivity contribution in [3.63, 3.8) is 0 Å². The van der Waals surface area contributed by atoms with E-state index in [9.17, 15) is 4.79 Å². The van der Waals surface area contributed by atoms with E-state index in [1.165, 1.54) is 32.6 Å². The van der Waals surface area contributed by atoms with Crippen LogP contribution in [-0.2, 0) is 4.79 Å². The molecule has 1 saturated heterocycles. The monoisotopic (exact) mass is 484 g/mol. The second kappa shape index (κ2) is 8.96. The average molecular weight is 485 g/mol. The maximum absolute atomic E-state index is 13.3. The summed E-state index contributed by atoms with van der Waals surface area (Å²) in [6.07, 6.45) is 3.28. The number of amides is 1. The molecule has 1 aliphatic rings. The Morgan fingerprint density at radius 2 is 1.94 bits per heavy atom. The second-order valence-corrected chi connectivity index (χ2v) is 8.88. The number of aromatic amines is 1. The molecule has 1 fully saturated rings. The summed E-state index contributed by atoms with van der Waals surface area (Å²) in [5.41, 5.74) is 5.59. The predicted octanol–water partition coefficient (Wildman–Crippen LogP) is 3.22. The quantitative estimate of drug-likeness (QED) is 0.468. The molecule has 0 unspecified atom stereocenters. The first kappa shape index (κ1) is 14.2. The normalized spacial score (nSPS) is 25.1. The fraction of sp³-hybridized carbons (Fsp3) is 0.462. The highest BCUT2D eigenvalue weighted by Crippen LogP contribution is 2.37. The Hall–Kier alpha value is -3.46. The summed E-state index contributed by atoms with van der Waals surface area (Å²) >= 11 is 0. The van der Waals surface area contributed by atoms with E-state index in [2.05, 4.69) is 20.1 Å². The lowest BCUT2D eigenvalue weighted by Crippen LogP contribution is -2.50. The smallest absolute Gasteiger partial charge is 0.236 e. The summed E-state index contributed by atoms with van der Waals surface area (Å²) in [5.74, 6) is -2.34. The van der Waals surface area contributed by atoms with Crippen molar-refractivity contribution in [2.24, 2.45) is 0 Å². The zero-order chi connectivity index (χ0) is 33.8. The van der Waals surface area contributed by atoms with Gasteiger partial charge in [0.05, 0.1) is 36.9 Å². The van der Waals surface area contributed by atoms with Gasteiger partial charge in [0.25, 0.3) is 0 Å². The molecule has 1 amide bonds. The molecule has 1 N–H and O–H groups in total. The van der Waals surface area contributed by atoms with Crippen LogP contribution in [0, 0.1) is 13.8 Å². The Bertz CT molecular complexity index is 1800. The number of carbonyl (C=O) groups is 1. The number of H-pyrrole nitrogens is 1. The number of hydrogen-bond donors (Lipinski definition) is 1. The third-order valence-electron chi connectivity index (χ3n) is 5.94. The summed E-state index contributed by atoms with van der Waals surface area (Å²) in [4.78, 5) is 26.3. The number of rotatable bonds is 5. The van der Waals surface area contributed by atoms with Gasteiger partial charge in [-0.05, 0) is 57.1 Å². The van der Waals surface area contributed by atoms with Crippen molar-refractivity contribution in [3.8, 4) is 11.3 Å². The molecular weight excluding hydrogens is 440 g/mol. The number of pyridine rings is 2. The Balaban J connectivity index is 1.73. The van der Waals surface area contributed by atoms with Crippen LogP contribution >= 0.6 is 0 Å². The maximum atomic E-state index is 13.3. The van der Waals surface area contributed by atoms with Crippen molar-refractivity contribution in [1.82, 2.24) is 34.4 Å². The number of hydrogen-bond acceptors (Lipinski definition) is 6. The number of nitrogens with one attached hydrogen (secondary N) is 1. The molecule has 5 heterocycles. The summed E-state index contributed by atoms with van der Waals surface area (Å²) in [5, 5.41) is 4.27. The van der Waals surface area contributed by atoms with Crippen molar-refractivity contribution in [1.29, 1.82) is 0 Å². The van der Waals surface area contributed by atoms with E-state index < -0.39 is 44.2 Å². The third kappa shape index (κ3) is 4.14. The highest BCUT2D eigenvalue weighted by molar-refractivity contribution is 5.90. The highest BCUT2D eigenvalue weighted by Gasteiger charge is 2.24. The lowest BCUT2D eigenvalue weighted by atomic mass is 9.95. The van der Waals surface area contributed by atoms with E-state index in [1.807, 2.05) is 33.9 Å². The first-order valence-corrected chi connectivity index (χ1v) is 11.2. The Morgan fingerprint density at radius 1 is 1.20 bits per heavy atom. The highest BCUT2D eigenvalue weighted by atomic mass is 16.2. The number of anilines is 1. The third-order valence-corrected chi connectivity index (χ3v) is 5.94. The number of aryl methyl sites for hydroxylation is 1. The van der Waals surface area contributed by atoms with Gasteiger partial charge in [-0.15, -0.1) is 0 Å². The van der Waals surface area contributed by atoms with Crippen LogP contribution in [-0.4, -0.2) is 86.9 Å². The fourth-order valence-corrected chi connectivity index (χ4v) is 4.14. The van der Waals surface area contributed by atoms with Gasteiger partial charge in [-0.25, -0.2) is 14.5 Å². The van der Waals surface area contributed by atoms with Crippen molar-refractivity contribution in [2.45, 2.75) is 33.6 Å². The molecule has 0 radical (unpaired) electrons. The van der Waals surface area contributed by atoms with Crippen LogP contribution in [0.3, 0.4) is 0 Å². The Morgan fingerprint density at radius 3 is 2.63 bits per heavy atom. The molecule has 0 spiro atoms. The zero-order valence-corrected chi connectivity index (χ0v) is 20.4. The van der Waals surface area contributed by atoms with Crippen molar-refractivity contribution >= 4 is 28.4 Å². The number of fused-ring (bicyclic) bond motifs is 2. The van der Waals surface area contributed by atoms with Gasteiger partial charge in [-0.3, -0.25) is 4.79 Å². The van der Waals surface area contributed by atoms with E-state index in [0.29, 0.717) is 27.9 Å².